The molecule has 0 spiro atoms. The number of urea groups is 1. The summed E-state index contributed by atoms with van der Waals surface area (Å²) in [4.78, 5) is 13.5. The Hall–Kier alpha value is -1.33. The number of aliphatic hydroxyl groups excluding tert-OH is 1. The van der Waals surface area contributed by atoms with Crippen molar-refractivity contribution in [2.45, 2.75) is 32.9 Å². The maximum atomic E-state index is 13.6. The molecule has 0 saturated carbocycles. The largest absolute Gasteiger partial charge is 0.392 e. The highest BCUT2D eigenvalue weighted by Gasteiger charge is 2.19. The van der Waals surface area contributed by atoms with Gasteiger partial charge < -0.3 is 15.3 Å². The molecule has 0 bridgehead atoms. The molecular weight excluding hydrogens is 271 g/mol. The number of rotatable bonds is 4. The molecule has 1 aromatic rings. The average molecular weight is 289 g/mol. The number of aliphatic hydroxyl groups is 1. The lowest BCUT2D eigenvalue weighted by molar-refractivity contribution is 0.125. The van der Waals surface area contributed by atoms with Gasteiger partial charge in [0.25, 0.3) is 0 Å². The number of amides is 2. The predicted octanol–water partition coefficient (Wildman–Crippen LogP) is 3.10. The normalized spacial score (nSPS) is 12.4. The Kier molecular flexibility index (Phi) is 5.57. The van der Waals surface area contributed by atoms with Crippen LogP contribution in [0.1, 0.15) is 20.8 Å². The van der Waals surface area contributed by atoms with Crippen molar-refractivity contribution in [2.24, 2.45) is 0 Å². The van der Waals surface area contributed by atoms with Crippen LogP contribution in [-0.2, 0) is 0 Å². The van der Waals surface area contributed by atoms with Crippen molar-refractivity contribution in [3.05, 3.63) is 29.0 Å². The first kappa shape index (κ1) is 15.7. The topological polar surface area (TPSA) is 52.6 Å². The minimum absolute atomic E-state index is 0.0608. The Labute approximate surface area is 117 Å². The number of nitrogens with one attached hydrogen (secondary N) is 1. The molecular formula is C13H18ClFN2O2. The Balaban J connectivity index is 2.81. The molecule has 6 heteroatoms. The molecule has 0 aliphatic rings. The molecule has 2 amide bonds. The molecule has 0 heterocycles. The third-order valence-electron chi connectivity index (χ3n) is 2.52. The van der Waals surface area contributed by atoms with Crippen LogP contribution in [0.3, 0.4) is 0 Å². The number of hydrogen-bond donors (Lipinski definition) is 2. The quantitative estimate of drug-likeness (QED) is 0.894. The summed E-state index contributed by atoms with van der Waals surface area (Å²) in [6.07, 6.45) is -0.650. The second-order valence-corrected chi connectivity index (χ2v) is 5.09. The van der Waals surface area contributed by atoms with Crippen molar-refractivity contribution in [1.82, 2.24) is 4.90 Å². The van der Waals surface area contributed by atoms with E-state index in [1.165, 1.54) is 17.0 Å². The van der Waals surface area contributed by atoms with Gasteiger partial charge in [0.05, 0.1) is 11.8 Å². The van der Waals surface area contributed by atoms with Crippen LogP contribution >= 0.6 is 11.6 Å². The minimum atomic E-state index is -0.650. The summed E-state index contributed by atoms with van der Waals surface area (Å²) in [7, 11) is 0. The Bertz CT molecular complexity index is 452. The first-order chi connectivity index (χ1) is 8.81. The number of halogens is 2. The Morgan fingerprint density at radius 2 is 2.11 bits per heavy atom. The molecule has 1 rings (SSSR count). The lowest BCUT2D eigenvalue weighted by Crippen LogP contribution is -2.43. The first-order valence-electron chi connectivity index (χ1n) is 6.02. The molecule has 1 atom stereocenters. The Morgan fingerprint density at radius 3 is 2.58 bits per heavy atom. The van der Waals surface area contributed by atoms with Crippen molar-refractivity contribution in [2.75, 3.05) is 11.9 Å². The highest BCUT2D eigenvalue weighted by Crippen LogP contribution is 2.19. The SMILES string of the molecule is CC(O)CN(C(=O)Nc1ccc(Cl)cc1F)C(C)C. The fourth-order valence-electron chi connectivity index (χ4n) is 1.59. The maximum Gasteiger partial charge on any atom is 0.322 e. The Morgan fingerprint density at radius 1 is 1.47 bits per heavy atom. The number of benzene rings is 1. The summed E-state index contributed by atoms with van der Waals surface area (Å²) in [5.74, 6) is -0.596. The zero-order valence-corrected chi connectivity index (χ0v) is 11.9. The monoisotopic (exact) mass is 288 g/mol. The maximum absolute atomic E-state index is 13.6. The van der Waals surface area contributed by atoms with Crippen molar-refractivity contribution < 1.29 is 14.3 Å². The van der Waals surface area contributed by atoms with Gasteiger partial charge in [-0.3, -0.25) is 0 Å². The molecule has 0 fully saturated rings. The fourth-order valence-corrected chi connectivity index (χ4v) is 1.75. The van der Waals surface area contributed by atoms with E-state index in [-0.39, 0.29) is 23.3 Å². The van der Waals surface area contributed by atoms with Gasteiger partial charge in [-0.1, -0.05) is 11.6 Å². The second-order valence-electron chi connectivity index (χ2n) is 4.65. The van der Waals surface area contributed by atoms with Crippen LogP contribution in [0.15, 0.2) is 18.2 Å². The van der Waals surface area contributed by atoms with Gasteiger partial charge in [0.1, 0.15) is 5.82 Å². The third-order valence-corrected chi connectivity index (χ3v) is 2.75. The molecule has 0 radical (unpaired) electrons. The molecule has 4 nitrogen and oxygen atoms in total. The zero-order chi connectivity index (χ0) is 14.6. The third kappa shape index (κ3) is 4.69. The van der Waals surface area contributed by atoms with Gasteiger partial charge in [-0.15, -0.1) is 0 Å². The highest BCUT2D eigenvalue weighted by molar-refractivity contribution is 6.30. The van der Waals surface area contributed by atoms with E-state index in [0.29, 0.717) is 0 Å². The lowest BCUT2D eigenvalue weighted by atomic mass is 10.2. The van der Waals surface area contributed by atoms with Crippen molar-refractivity contribution >= 4 is 23.3 Å². The van der Waals surface area contributed by atoms with Crippen LogP contribution in [0.25, 0.3) is 0 Å². The average Bonchev–Trinajstić information content (AvgIpc) is 2.29. The van der Waals surface area contributed by atoms with E-state index in [9.17, 15) is 14.3 Å². The number of carbonyl (C=O) groups excluding carboxylic acids is 1. The minimum Gasteiger partial charge on any atom is -0.392 e. The molecule has 1 aromatic carbocycles. The van der Waals surface area contributed by atoms with E-state index in [1.54, 1.807) is 6.92 Å². The fraction of sp³-hybridized carbons (Fsp3) is 0.462. The van der Waals surface area contributed by atoms with Gasteiger partial charge in [0, 0.05) is 17.6 Å². The van der Waals surface area contributed by atoms with Crippen LogP contribution < -0.4 is 5.32 Å². The van der Waals surface area contributed by atoms with Gasteiger partial charge >= 0.3 is 6.03 Å². The standard InChI is InChI=1S/C13H18ClFN2O2/c1-8(2)17(7-9(3)18)13(19)16-12-5-4-10(14)6-11(12)15/h4-6,8-9,18H,7H2,1-3H3,(H,16,19). The van der Waals surface area contributed by atoms with Crippen LogP contribution in [0.4, 0.5) is 14.9 Å². The highest BCUT2D eigenvalue weighted by atomic mass is 35.5. The van der Waals surface area contributed by atoms with Crippen molar-refractivity contribution in [3.8, 4) is 0 Å². The van der Waals surface area contributed by atoms with E-state index in [1.807, 2.05) is 13.8 Å². The van der Waals surface area contributed by atoms with Crippen LogP contribution in [-0.4, -0.2) is 34.7 Å². The molecule has 0 saturated heterocycles. The molecule has 1 unspecified atom stereocenters. The van der Waals surface area contributed by atoms with Crippen molar-refractivity contribution in [1.29, 1.82) is 0 Å². The molecule has 2 N–H and O–H groups in total. The summed E-state index contributed by atoms with van der Waals surface area (Å²) >= 11 is 5.64. The van der Waals surface area contributed by atoms with Gasteiger partial charge in [-0.2, -0.15) is 0 Å². The summed E-state index contributed by atoms with van der Waals surface area (Å²) in [5, 5.41) is 12.1. The smallest absolute Gasteiger partial charge is 0.322 e. The molecule has 0 aliphatic carbocycles. The molecule has 106 valence electrons. The van der Waals surface area contributed by atoms with E-state index < -0.39 is 18.0 Å². The zero-order valence-electron chi connectivity index (χ0n) is 11.2. The van der Waals surface area contributed by atoms with E-state index in [2.05, 4.69) is 5.32 Å². The van der Waals surface area contributed by atoms with Crippen LogP contribution in [0.2, 0.25) is 5.02 Å². The summed E-state index contributed by atoms with van der Waals surface area (Å²) < 4.78 is 13.6. The van der Waals surface area contributed by atoms with Crippen molar-refractivity contribution in [3.63, 3.8) is 0 Å². The van der Waals surface area contributed by atoms with E-state index >= 15 is 0 Å². The van der Waals surface area contributed by atoms with E-state index in [4.69, 9.17) is 11.6 Å². The number of hydrogen-bond acceptors (Lipinski definition) is 2. The van der Waals surface area contributed by atoms with E-state index in [0.717, 1.165) is 6.07 Å². The predicted molar refractivity (Wildman–Crippen MR) is 74.0 cm³/mol. The van der Waals surface area contributed by atoms with Gasteiger partial charge in [-0.25, -0.2) is 9.18 Å². The lowest BCUT2D eigenvalue weighted by Gasteiger charge is -2.28. The number of anilines is 1. The first-order valence-corrected chi connectivity index (χ1v) is 6.39. The van der Waals surface area contributed by atoms with Crippen LogP contribution in [0.5, 0.6) is 0 Å². The molecule has 0 aliphatic heterocycles. The molecule has 19 heavy (non-hydrogen) atoms. The van der Waals surface area contributed by atoms with Crippen LogP contribution in [0, 0.1) is 5.82 Å². The number of carbonyl (C=O) groups is 1. The second kappa shape index (κ2) is 6.73. The summed E-state index contributed by atoms with van der Waals surface area (Å²) in [6.45, 7) is 5.41. The molecule has 0 aromatic heterocycles. The van der Waals surface area contributed by atoms with Gasteiger partial charge in [0.15, 0.2) is 0 Å². The summed E-state index contributed by atoms with van der Waals surface area (Å²) in [5.41, 5.74) is 0.0608. The van der Waals surface area contributed by atoms with Gasteiger partial charge in [0.2, 0.25) is 0 Å². The number of nitrogens with zero attached hydrogens (tertiary/aromatic N) is 1. The van der Waals surface area contributed by atoms with Gasteiger partial charge in [-0.05, 0) is 39.0 Å². The summed E-state index contributed by atoms with van der Waals surface area (Å²) in [6, 6.07) is 3.46.